The third kappa shape index (κ3) is 0.913. The van der Waals surface area contributed by atoms with Crippen LogP contribution in [0.15, 0.2) is 0 Å². The topological polar surface area (TPSA) is 49.4 Å². The smallest absolute Gasteiger partial charge is 0.246 e. The Morgan fingerprint density at radius 3 is 2.69 bits per heavy atom. The van der Waals surface area contributed by atoms with Crippen molar-refractivity contribution in [3.8, 4) is 0 Å². The van der Waals surface area contributed by atoms with Crippen molar-refractivity contribution in [3.05, 3.63) is 0 Å². The summed E-state index contributed by atoms with van der Waals surface area (Å²) in [5.41, 5.74) is -0.458. The molecule has 0 bridgehead atoms. The molecule has 72 valence electrons. The minimum atomic E-state index is -0.458. The zero-order valence-electron chi connectivity index (χ0n) is 7.96. The van der Waals surface area contributed by atoms with Gasteiger partial charge >= 0.3 is 0 Å². The van der Waals surface area contributed by atoms with E-state index in [0.717, 1.165) is 19.4 Å². The van der Waals surface area contributed by atoms with Crippen LogP contribution in [-0.2, 0) is 9.59 Å². The second-order valence-corrected chi connectivity index (χ2v) is 3.86. The van der Waals surface area contributed by atoms with E-state index in [0.29, 0.717) is 5.92 Å². The van der Waals surface area contributed by atoms with E-state index in [1.54, 1.807) is 11.9 Å². The highest BCUT2D eigenvalue weighted by Crippen LogP contribution is 2.55. The first-order valence-electron chi connectivity index (χ1n) is 4.63. The fraction of sp³-hybridized carbons (Fsp3) is 0.778. The molecule has 1 saturated heterocycles. The van der Waals surface area contributed by atoms with Gasteiger partial charge in [0, 0.05) is 20.5 Å². The number of carbonyl (C=O) groups excluding carboxylic acids is 2. The van der Waals surface area contributed by atoms with Gasteiger partial charge in [0.25, 0.3) is 0 Å². The molecule has 2 fully saturated rings. The molecule has 0 unspecified atom stereocenters. The van der Waals surface area contributed by atoms with Crippen molar-refractivity contribution in [1.29, 1.82) is 0 Å². The number of hydrogen-bond donors (Lipinski definition) is 1. The van der Waals surface area contributed by atoms with Crippen LogP contribution < -0.4 is 5.32 Å². The minimum absolute atomic E-state index is 0.00481. The third-order valence-corrected chi connectivity index (χ3v) is 3.26. The van der Waals surface area contributed by atoms with E-state index in [-0.39, 0.29) is 11.8 Å². The highest BCUT2D eigenvalue weighted by Gasteiger charge is 2.67. The Morgan fingerprint density at radius 1 is 1.54 bits per heavy atom. The number of fused-ring (bicyclic) bond motifs is 1. The van der Waals surface area contributed by atoms with E-state index in [9.17, 15) is 9.59 Å². The second-order valence-electron chi connectivity index (χ2n) is 3.86. The van der Waals surface area contributed by atoms with Gasteiger partial charge in [-0.25, -0.2) is 0 Å². The molecule has 2 atom stereocenters. The van der Waals surface area contributed by atoms with E-state index in [4.69, 9.17) is 0 Å². The van der Waals surface area contributed by atoms with Crippen molar-refractivity contribution in [2.45, 2.75) is 25.3 Å². The van der Waals surface area contributed by atoms with Crippen molar-refractivity contribution in [3.63, 3.8) is 0 Å². The summed E-state index contributed by atoms with van der Waals surface area (Å²) in [6.45, 7) is 2.28. The molecule has 1 aliphatic heterocycles. The van der Waals surface area contributed by atoms with Gasteiger partial charge in [-0.1, -0.05) is 0 Å². The molecule has 4 heteroatoms. The molecule has 1 aliphatic carbocycles. The van der Waals surface area contributed by atoms with E-state index in [2.05, 4.69) is 5.32 Å². The zero-order chi connectivity index (χ0) is 9.64. The van der Waals surface area contributed by atoms with Gasteiger partial charge in [0.2, 0.25) is 11.8 Å². The Balaban J connectivity index is 2.23. The van der Waals surface area contributed by atoms with Crippen LogP contribution in [0.2, 0.25) is 0 Å². The van der Waals surface area contributed by atoms with E-state index in [1.165, 1.54) is 6.92 Å². The van der Waals surface area contributed by atoms with E-state index >= 15 is 0 Å². The number of likely N-dealkylation sites (tertiary alicyclic amines) is 1. The molecule has 0 aromatic rings. The van der Waals surface area contributed by atoms with Crippen LogP contribution in [0.25, 0.3) is 0 Å². The van der Waals surface area contributed by atoms with Crippen LogP contribution in [0.5, 0.6) is 0 Å². The Labute approximate surface area is 77.3 Å². The molecular formula is C9H14N2O2. The van der Waals surface area contributed by atoms with Crippen LogP contribution in [-0.4, -0.2) is 35.8 Å². The Hall–Kier alpha value is -1.06. The average molecular weight is 182 g/mol. The maximum atomic E-state index is 11.6. The predicted octanol–water partition coefficient (Wildman–Crippen LogP) is -0.257. The van der Waals surface area contributed by atoms with Gasteiger partial charge in [0.05, 0.1) is 0 Å². The summed E-state index contributed by atoms with van der Waals surface area (Å²) in [5.74, 6) is 0.435. The van der Waals surface area contributed by atoms with Gasteiger partial charge in [-0.2, -0.15) is 0 Å². The van der Waals surface area contributed by atoms with Gasteiger partial charge in [0.15, 0.2) is 0 Å². The molecule has 13 heavy (non-hydrogen) atoms. The number of hydrogen-bond acceptors (Lipinski definition) is 2. The standard InChI is InChI=1S/C9H14N2O2/c1-6(12)11-4-3-7-5-9(7,11)8(13)10-2/h7H,3-5H2,1-2H3,(H,10,13)/t7-,9+/m1/s1. The van der Waals surface area contributed by atoms with Crippen molar-refractivity contribution in [2.75, 3.05) is 13.6 Å². The van der Waals surface area contributed by atoms with Crippen LogP contribution in [0, 0.1) is 5.92 Å². The normalized spacial score (nSPS) is 35.5. The monoisotopic (exact) mass is 182 g/mol. The largest absolute Gasteiger partial charge is 0.357 e. The number of amides is 2. The number of carbonyl (C=O) groups is 2. The fourth-order valence-corrected chi connectivity index (χ4v) is 2.53. The summed E-state index contributed by atoms with van der Waals surface area (Å²) in [6.07, 6.45) is 1.83. The average Bonchev–Trinajstić information content (AvgIpc) is 2.71. The Morgan fingerprint density at radius 2 is 2.23 bits per heavy atom. The maximum absolute atomic E-state index is 11.6. The predicted molar refractivity (Wildman–Crippen MR) is 46.9 cm³/mol. The lowest BCUT2D eigenvalue weighted by atomic mass is 10.2. The van der Waals surface area contributed by atoms with Crippen molar-refractivity contribution in [1.82, 2.24) is 10.2 Å². The number of nitrogens with zero attached hydrogens (tertiary/aromatic N) is 1. The molecular weight excluding hydrogens is 168 g/mol. The van der Waals surface area contributed by atoms with Crippen LogP contribution in [0.1, 0.15) is 19.8 Å². The van der Waals surface area contributed by atoms with Gasteiger partial charge in [-0.15, -0.1) is 0 Å². The second kappa shape index (κ2) is 2.47. The fourth-order valence-electron chi connectivity index (χ4n) is 2.53. The molecule has 0 spiro atoms. The highest BCUT2D eigenvalue weighted by molar-refractivity contribution is 5.95. The van der Waals surface area contributed by atoms with Crippen molar-refractivity contribution >= 4 is 11.8 Å². The molecule has 2 aliphatic rings. The lowest BCUT2D eigenvalue weighted by Crippen LogP contribution is -2.48. The number of likely N-dealkylation sites (N-methyl/N-ethyl adjacent to an activating group) is 1. The number of nitrogens with one attached hydrogen (secondary N) is 1. The first kappa shape index (κ1) is 8.53. The molecule has 2 amide bonds. The summed E-state index contributed by atoms with van der Waals surface area (Å²) < 4.78 is 0. The number of rotatable bonds is 1. The molecule has 1 N–H and O–H groups in total. The number of piperidine rings is 1. The Bertz CT molecular complexity index is 277. The van der Waals surface area contributed by atoms with Crippen LogP contribution in [0.3, 0.4) is 0 Å². The summed E-state index contributed by atoms with van der Waals surface area (Å²) >= 11 is 0. The van der Waals surface area contributed by atoms with Crippen LogP contribution >= 0.6 is 0 Å². The van der Waals surface area contributed by atoms with Gasteiger partial charge < -0.3 is 10.2 Å². The highest BCUT2D eigenvalue weighted by atomic mass is 16.2. The van der Waals surface area contributed by atoms with Crippen molar-refractivity contribution in [2.24, 2.45) is 5.92 Å². The van der Waals surface area contributed by atoms with Gasteiger partial charge in [-0.05, 0) is 18.8 Å². The first-order valence-corrected chi connectivity index (χ1v) is 4.63. The summed E-state index contributed by atoms with van der Waals surface area (Å²) in [6, 6.07) is 0. The molecule has 0 aromatic heterocycles. The molecule has 1 heterocycles. The summed E-state index contributed by atoms with van der Waals surface area (Å²) in [5, 5.41) is 2.64. The minimum Gasteiger partial charge on any atom is -0.357 e. The summed E-state index contributed by atoms with van der Waals surface area (Å²) in [4.78, 5) is 24.6. The quantitative estimate of drug-likeness (QED) is 0.607. The van der Waals surface area contributed by atoms with Crippen molar-refractivity contribution < 1.29 is 9.59 Å². The summed E-state index contributed by atoms with van der Waals surface area (Å²) in [7, 11) is 1.63. The molecule has 2 rings (SSSR count). The van der Waals surface area contributed by atoms with Gasteiger partial charge in [-0.3, -0.25) is 9.59 Å². The SMILES string of the molecule is CNC(=O)[C@]12C[C@H]1CCN2C(C)=O. The zero-order valence-corrected chi connectivity index (χ0v) is 7.96. The third-order valence-electron chi connectivity index (χ3n) is 3.26. The van der Waals surface area contributed by atoms with E-state index in [1.807, 2.05) is 0 Å². The van der Waals surface area contributed by atoms with Crippen LogP contribution in [0.4, 0.5) is 0 Å². The maximum Gasteiger partial charge on any atom is 0.246 e. The molecule has 0 radical (unpaired) electrons. The van der Waals surface area contributed by atoms with E-state index < -0.39 is 5.54 Å². The first-order chi connectivity index (χ1) is 6.13. The lowest BCUT2D eigenvalue weighted by molar-refractivity contribution is -0.139. The molecule has 0 aromatic carbocycles. The molecule has 4 nitrogen and oxygen atoms in total. The Kier molecular flexibility index (Phi) is 1.62. The van der Waals surface area contributed by atoms with Gasteiger partial charge in [0.1, 0.15) is 5.54 Å². The molecule has 1 saturated carbocycles. The lowest BCUT2D eigenvalue weighted by Gasteiger charge is -2.25.